The molecule has 1 atom stereocenters. The van der Waals surface area contributed by atoms with Crippen LogP contribution < -0.4 is 10.2 Å². The van der Waals surface area contributed by atoms with Gasteiger partial charge < -0.3 is 19.3 Å². The number of aromatic nitrogens is 3. The number of fused-ring (bicyclic) bond motifs is 4. The summed E-state index contributed by atoms with van der Waals surface area (Å²) in [7, 11) is 2.16. The molecule has 7 rings (SSSR count). The summed E-state index contributed by atoms with van der Waals surface area (Å²) in [6.07, 6.45) is 3.98. The zero-order valence-corrected chi connectivity index (χ0v) is 27.6. The zero-order valence-electron chi connectivity index (χ0n) is 26.8. The van der Waals surface area contributed by atoms with E-state index in [9.17, 15) is 10.1 Å². The number of benzene rings is 1. The van der Waals surface area contributed by atoms with E-state index in [4.69, 9.17) is 14.5 Å². The van der Waals surface area contributed by atoms with E-state index < -0.39 is 23.3 Å². The van der Waals surface area contributed by atoms with Gasteiger partial charge in [-0.3, -0.25) is 15.2 Å². The van der Waals surface area contributed by atoms with Gasteiger partial charge in [0.1, 0.15) is 22.2 Å². The molecule has 0 bridgehead atoms. The average Bonchev–Trinajstić information content (AvgIpc) is 3.75. The maximum absolute atomic E-state index is 16.9. The fourth-order valence-electron chi connectivity index (χ4n) is 6.81. The van der Waals surface area contributed by atoms with Gasteiger partial charge >= 0.3 is 6.09 Å². The molecule has 3 aliphatic rings. The molecule has 246 valence electrons. The lowest BCUT2D eigenvalue weighted by molar-refractivity contribution is 0.0636. The molecule has 2 saturated heterocycles. The van der Waals surface area contributed by atoms with Gasteiger partial charge in [0.2, 0.25) is 5.95 Å². The predicted molar refractivity (Wildman–Crippen MR) is 175 cm³/mol. The number of rotatable bonds is 4. The normalized spacial score (nSPS) is 19.3. The Morgan fingerprint density at radius 1 is 1.13 bits per heavy atom. The third-order valence-electron chi connectivity index (χ3n) is 9.04. The van der Waals surface area contributed by atoms with Crippen LogP contribution in [-0.4, -0.2) is 88.8 Å². The second-order valence-electron chi connectivity index (χ2n) is 13.4. The molecule has 47 heavy (non-hydrogen) atoms. The van der Waals surface area contributed by atoms with Gasteiger partial charge in [0.25, 0.3) is 0 Å². The van der Waals surface area contributed by atoms with Crippen molar-refractivity contribution in [2.45, 2.75) is 58.5 Å². The number of hydrogen-bond donors (Lipinski definition) is 1. The van der Waals surface area contributed by atoms with E-state index in [1.165, 1.54) is 0 Å². The van der Waals surface area contributed by atoms with Crippen molar-refractivity contribution in [3.63, 3.8) is 0 Å². The summed E-state index contributed by atoms with van der Waals surface area (Å²) in [5.41, 5.74) is 0.768. The monoisotopic (exact) mass is 662 g/mol. The van der Waals surface area contributed by atoms with Crippen molar-refractivity contribution in [2.24, 2.45) is 0 Å². The Morgan fingerprint density at radius 3 is 2.72 bits per heavy atom. The standard InChI is InChI=1S/C33H36F2N8O3S/c1-33(2,3)46-32(44)40-30-19(12-36)25-28(37-14-23(34)29(25)47-30)24-22-17-45-16-21(22)20-13-38-31(39-27(20)26(24)35)43-9-6-18(15-43)42-8-5-7-41(4)10-11-42/h13-14,18H,5-11,15-17H2,1-4H3,(H,40,44)/t18-/m0/s1. The van der Waals surface area contributed by atoms with Crippen molar-refractivity contribution in [2.75, 3.05) is 56.5 Å². The number of thiophene rings is 1. The van der Waals surface area contributed by atoms with E-state index in [0.29, 0.717) is 22.9 Å². The van der Waals surface area contributed by atoms with Gasteiger partial charge in [-0.25, -0.2) is 23.5 Å². The van der Waals surface area contributed by atoms with Crippen molar-refractivity contribution >= 4 is 49.4 Å². The lowest BCUT2D eigenvalue weighted by atomic mass is 9.94. The number of ether oxygens (including phenoxy) is 2. The fourth-order valence-corrected chi connectivity index (χ4v) is 7.85. The van der Waals surface area contributed by atoms with Crippen molar-refractivity contribution in [1.29, 1.82) is 5.26 Å². The molecule has 2 fully saturated rings. The SMILES string of the molecule is CN1CCCN([C@H]2CCN(c3ncc4c5c(c(-c6ncc(F)c7sc(NC(=O)OC(C)(C)C)c(C#N)c67)c(F)c4n3)COC5)C2)CC1. The molecular weight excluding hydrogens is 626 g/mol. The number of nitrogens with one attached hydrogen (secondary N) is 1. The number of halogens is 2. The second-order valence-corrected chi connectivity index (χ2v) is 14.4. The van der Waals surface area contributed by atoms with E-state index >= 15 is 8.78 Å². The molecule has 0 spiro atoms. The first-order valence-corrected chi connectivity index (χ1v) is 16.6. The van der Waals surface area contributed by atoms with Gasteiger partial charge in [0, 0.05) is 54.8 Å². The number of anilines is 2. The smallest absolute Gasteiger partial charge is 0.412 e. The summed E-state index contributed by atoms with van der Waals surface area (Å²) in [5.74, 6) is -0.887. The second kappa shape index (κ2) is 12.2. The fraction of sp³-hybridized carbons (Fsp3) is 0.485. The van der Waals surface area contributed by atoms with Crippen LogP contribution >= 0.6 is 11.3 Å². The zero-order chi connectivity index (χ0) is 33.0. The maximum atomic E-state index is 16.9. The first-order chi connectivity index (χ1) is 22.5. The van der Waals surface area contributed by atoms with Gasteiger partial charge in [-0.2, -0.15) is 5.26 Å². The van der Waals surface area contributed by atoms with E-state index in [2.05, 4.69) is 43.1 Å². The Kier molecular flexibility index (Phi) is 8.20. The van der Waals surface area contributed by atoms with Crippen molar-refractivity contribution < 1.29 is 23.0 Å². The van der Waals surface area contributed by atoms with Crippen LogP contribution in [0.25, 0.3) is 32.2 Å². The van der Waals surface area contributed by atoms with Gasteiger partial charge in [-0.1, -0.05) is 0 Å². The van der Waals surface area contributed by atoms with Crippen LogP contribution in [0.4, 0.5) is 24.5 Å². The summed E-state index contributed by atoms with van der Waals surface area (Å²) < 4.78 is 43.3. The van der Waals surface area contributed by atoms with Crippen LogP contribution in [0.3, 0.4) is 0 Å². The highest BCUT2D eigenvalue weighted by Crippen LogP contribution is 2.46. The molecule has 3 aromatic heterocycles. The van der Waals surface area contributed by atoms with Gasteiger partial charge in [-0.05, 0) is 64.9 Å². The van der Waals surface area contributed by atoms with E-state index in [1.807, 2.05) is 0 Å². The topological polar surface area (TPSA) is 120 Å². The first kappa shape index (κ1) is 31.6. The van der Waals surface area contributed by atoms with Crippen LogP contribution in [0, 0.1) is 23.0 Å². The molecule has 14 heteroatoms. The first-order valence-electron chi connectivity index (χ1n) is 15.8. The van der Waals surface area contributed by atoms with Crippen molar-refractivity contribution in [3.05, 3.63) is 40.7 Å². The van der Waals surface area contributed by atoms with E-state index in [1.54, 1.807) is 27.0 Å². The van der Waals surface area contributed by atoms with E-state index in [-0.39, 0.29) is 50.6 Å². The Morgan fingerprint density at radius 2 is 1.94 bits per heavy atom. The summed E-state index contributed by atoms with van der Waals surface area (Å²) in [6, 6.07) is 2.45. The molecule has 0 aliphatic carbocycles. The van der Waals surface area contributed by atoms with Crippen LogP contribution in [0.5, 0.6) is 0 Å². The van der Waals surface area contributed by atoms with Crippen molar-refractivity contribution in [3.8, 4) is 17.3 Å². The van der Waals surface area contributed by atoms with Crippen molar-refractivity contribution in [1.82, 2.24) is 24.8 Å². The number of carbonyl (C=O) groups is 1. The molecule has 3 aliphatic heterocycles. The van der Waals surface area contributed by atoms with Crippen LogP contribution in [0.15, 0.2) is 12.4 Å². The Bertz CT molecular complexity index is 1940. The third-order valence-corrected chi connectivity index (χ3v) is 10.1. The highest BCUT2D eigenvalue weighted by atomic mass is 32.1. The molecule has 0 radical (unpaired) electrons. The molecule has 1 amide bonds. The summed E-state index contributed by atoms with van der Waals surface area (Å²) in [6.45, 7) is 11.2. The number of pyridine rings is 1. The number of carbonyl (C=O) groups excluding carboxylic acids is 1. The highest BCUT2D eigenvalue weighted by molar-refractivity contribution is 7.23. The minimum atomic E-state index is -0.793. The van der Waals surface area contributed by atoms with Crippen LogP contribution in [0.1, 0.15) is 50.3 Å². The number of amides is 1. The molecule has 0 unspecified atom stereocenters. The Hall–Kier alpha value is -4.03. The lowest BCUT2D eigenvalue weighted by Crippen LogP contribution is -2.40. The summed E-state index contributed by atoms with van der Waals surface area (Å²) in [5, 5.41) is 13.5. The maximum Gasteiger partial charge on any atom is 0.412 e. The quantitative estimate of drug-likeness (QED) is 0.294. The number of nitrogens with zero attached hydrogens (tertiary/aromatic N) is 7. The highest BCUT2D eigenvalue weighted by Gasteiger charge is 2.33. The van der Waals surface area contributed by atoms with Crippen LogP contribution in [-0.2, 0) is 22.7 Å². The average molecular weight is 663 g/mol. The summed E-state index contributed by atoms with van der Waals surface area (Å²) in [4.78, 5) is 33.4. The lowest BCUT2D eigenvalue weighted by Gasteiger charge is -2.27. The predicted octanol–water partition coefficient (Wildman–Crippen LogP) is 5.65. The van der Waals surface area contributed by atoms with Gasteiger partial charge in [0.15, 0.2) is 11.6 Å². The largest absolute Gasteiger partial charge is 0.444 e. The number of likely N-dealkylation sites (N-methyl/N-ethyl adjacent to an activating group) is 1. The number of nitriles is 1. The molecule has 4 aromatic rings. The minimum absolute atomic E-state index is 0.0313. The third kappa shape index (κ3) is 5.86. The number of hydrogen-bond acceptors (Lipinski definition) is 11. The Balaban J connectivity index is 1.30. The molecule has 0 saturated carbocycles. The molecule has 11 nitrogen and oxygen atoms in total. The van der Waals surface area contributed by atoms with E-state index in [0.717, 1.165) is 75.2 Å². The molecular formula is C33H36F2N8O3S. The van der Waals surface area contributed by atoms with Gasteiger partial charge in [0.05, 0.1) is 35.4 Å². The molecule has 1 aromatic carbocycles. The minimum Gasteiger partial charge on any atom is -0.444 e. The van der Waals surface area contributed by atoms with Crippen LogP contribution in [0.2, 0.25) is 0 Å². The summed E-state index contributed by atoms with van der Waals surface area (Å²) >= 11 is 0.871. The molecule has 1 N–H and O–H groups in total. The Labute approximate surface area is 275 Å². The van der Waals surface area contributed by atoms with Gasteiger partial charge in [-0.15, -0.1) is 11.3 Å². The molecule has 6 heterocycles.